The maximum Gasteiger partial charge on any atom is 0.113 e. The molecule has 0 amide bonds. The van der Waals surface area contributed by atoms with Crippen molar-refractivity contribution < 1.29 is 0 Å². The molecule has 2 nitrogen and oxygen atoms in total. The van der Waals surface area contributed by atoms with Gasteiger partial charge in [0, 0.05) is 10.8 Å². The largest absolute Gasteiger partial charge is 0.244 e. The molecule has 0 aliphatic heterocycles. The number of aryl methyl sites for hydroxylation is 1. The zero-order valence-electron chi connectivity index (χ0n) is 8.92. The summed E-state index contributed by atoms with van der Waals surface area (Å²) in [5.41, 5.74) is 1.11. The fourth-order valence-electron chi connectivity index (χ4n) is 2.17. The molecule has 1 aromatic heterocycles. The third kappa shape index (κ3) is 1.32. The Morgan fingerprint density at radius 1 is 1.47 bits per heavy atom. The van der Waals surface area contributed by atoms with Crippen LogP contribution < -0.4 is 0 Å². The molecule has 0 unspecified atom stereocenters. The molecule has 0 N–H and O–H groups in total. The van der Waals surface area contributed by atoms with Crippen LogP contribution in [0.5, 0.6) is 0 Å². The molecular weight excluding hydrogens is 204 g/mol. The van der Waals surface area contributed by atoms with Crippen LogP contribution in [-0.4, -0.2) is 4.98 Å². The van der Waals surface area contributed by atoms with Gasteiger partial charge in [0.15, 0.2) is 0 Å². The second-order valence-electron chi connectivity index (χ2n) is 4.78. The number of hydrogen-bond donors (Lipinski definition) is 0. The van der Waals surface area contributed by atoms with Crippen LogP contribution in [0.3, 0.4) is 0 Å². The van der Waals surface area contributed by atoms with Crippen molar-refractivity contribution in [2.24, 2.45) is 0 Å². The predicted molar refractivity (Wildman–Crippen MR) is 60.0 cm³/mol. The van der Waals surface area contributed by atoms with E-state index in [1.807, 2.05) is 0 Å². The summed E-state index contributed by atoms with van der Waals surface area (Å²) < 4.78 is 0. The molecule has 3 rings (SSSR count). The van der Waals surface area contributed by atoms with Gasteiger partial charge in [0.05, 0.1) is 11.8 Å². The Balaban J connectivity index is 1.95. The normalized spacial score (nSPS) is 23.2. The molecule has 2 saturated carbocycles. The molecule has 0 atom stereocenters. The number of nitriles is 1. The highest BCUT2D eigenvalue weighted by Crippen LogP contribution is 2.50. The van der Waals surface area contributed by atoms with Crippen molar-refractivity contribution >= 4 is 11.3 Å². The summed E-state index contributed by atoms with van der Waals surface area (Å²) in [5.74, 6) is 0.699. The lowest BCUT2D eigenvalue weighted by Gasteiger charge is -2.24. The molecule has 1 aromatic rings. The van der Waals surface area contributed by atoms with Gasteiger partial charge in [0.1, 0.15) is 10.4 Å². The molecule has 78 valence electrons. The Hall–Kier alpha value is -0.880. The van der Waals surface area contributed by atoms with E-state index in [4.69, 9.17) is 10.2 Å². The number of thiazole rings is 1. The minimum atomic E-state index is -0.183. The summed E-state index contributed by atoms with van der Waals surface area (Å²) in [6.07, 6.45) is 5.97. The molecular formula is C12H14N2S. The van der Waals surface area contributed by atoms with Gasteiger partial charge < -0.3 is 0 Å². The van der Waals surface area contributed by atoms with Crippen LogP contribution in [0.4, 0.5) is 0 Å². The van der Waals surface area contributed by atoms with E-state index in [9.17, 15) is 0 Å². The number of nitrogens with zero attached hydrogens (tertiary/aromatic N) is 2. The van der Waals surface area contributed by atoms with Gasteiger partial charge in [0.2, 0.25) is 0 Å². The molecule has 2 aliphatic rings. The van der Waals surface area contributed by atoms with Gasteiger partial charge in [-0.3, -0.25) is 0 Å². The zero-order valence-corrected chi connectivity index (χ0v) is 9.73. The van der Waals surface area contributed by atoms with Crippen LogP contribution >= 0.6 is 11.3 Å². The highest BCUT2D eigenvalue weighted by atomic mass is 32.1. The van der Waals surface area contributed by atoms with Gasteiger partial charge in [-0.05, 0) is 32.6 Å². The van der Waals surface area contributed by atoms with E-state index in [1.54, 1.807) is 11.3 Å². The SMILES string of the molecule is Cc1sc(C2(C#N)CC2)nc1C1CCC1. The number of rotatable bonds is 2. The summed E-state index contributed by atoms with van der Waals surface area (Å²) in [5, 5.41) is 10.2. The topological polar surface area (TPSA) is 36.7 Å². The molecule has 0 spiro atoms. The number of hydrogen-bond acceptors (Lipinski definition) is 3. The van der Waals surface area contributed by atoms with E-state index in [0.29, 0.717) is 5.92 Å². The average Bonchev–Trinajstić information content (AvgIpc) is 2.86. The van der Waals surface area contributed by atoms with Crippen LogP contribution in [0, 0.1) is 18.3 Å². The molecule has 0 bridgehead atoms. The lowest BCUT2D eigenvalue weighted by Crippen LogP contribution is -2.11. The van der Waals surface area contributed by atoms with Gasteiger partial charge in [-0.2, -0.15) is 5.26 Å². The van der Waals surface area contributed by atoms with Crippen molar-refractivity contribution in [3.8, 4) is 6.07 Å². The lowest BCUT2D eigenvalue weighted by atomic mass is 9.82. The van der Waals surface area contributed by atoms with Gasteiger partial charge in [-0.15, -0.1) is 11.3 Å². The van der Waals surface area contributed by atoms with Gasteiger partial charge in [-0.25, -0.2) is 4.98 Å². The van der Waals surface area contributed by atoms with Crippen molar-refractivity contribution in [1.29, 1.82) is 5.26 Å². The fraction of sp³-hybridized carbons (Fsp3) is 0.667. The molecule has 2 aliphatic carbocycles. The Morgan fingerprint density at radius 2 is 2.20 bits per heavy atom. The summed E-state index contributed by atoms with van der Waals surface area (Å²) in [7, 11) is 0. The Kier molecular flexibility index (Phi) is 1.90. The first-order valence-corrected chi connectivity index (χ1v) is 6.46. The second-order valence-corrected chi connectivity index (χ2v) is 5.99. The monoisotopic (exact) mass is 218 g/mol. The first kappa shape index (κ1) is 9.35. The van der Waals surface area contributed by atoms with Crippen molar-refractivity contribution in [2.75, 3.05) is 0 Å². The standard InChI is InChI=1S/C12H14N2S/c1-8-10(9-3-2-4-9)14-11(15-8)12(7-13)5-6-12/h9H,2-6H2,1H3. The summed E-state index contributed by atoms with van der Waals surface area (Å²) in [6, 6.07) is 2.43. The van der Waals surface area contributed by atoms with E-state index < -0.39 is 0 Å². The predicted octanol–water partition coefficient (Wildman–Crippen LogP) is 3.27. The van der Waals surface area contributed by atoms with Crippen LogP contribution in [-0.2, 0) is 5.41 Å². The van der Waals surface area contributed by atoms with E-state index in [1.165, 1.54) is 29.8 Å². The van der Waals surface area contributed by atoms with Crippen LogP contribution in [0.1, 0.15) is 53.6 Å². The third-order valence-electron chi connectivity index (χ3n) is 3.70. The smallest absolute Gasteiger partial charge is 0.113 e. The van der Waals surface area contributed by atoms with E-state index in [0.717, 1.165) is 17.8 Å². The van der Waals surface area contributed by atoms with Crippen molar-refractivity contribution in [3.63, 3.8) is 0 Å². The van der Waals surface area contributed by atoms with Gasteiger partial charge in [-0.1, -0.05) is 6.42 Å². The Morgan fingerprint density at radius 3 is 2.67 bits per heavy atom. The van der Waals surface area contributed by atoms with Crippen LogP contribution in [0.25, 0.3) is 0 Å². The third-order valence-corrected chi connectivity index (χ3v) is 4.89. The molecule has 2 fully saturated rings. The van der Waals surface area contributed by atoms with Crippen LogP contribution in [0.2, 0.25) is 0 Å². The maximum atomic E-state index is 9.14. The Bertz CT molecular complexity index is 433. The maximum absolute atomic E-state index is 9.14. The molecule has 0 radical (unpaired) electrons. The Labute approximate surface area is 94.0 Å². The minimum Gasteiger partial charge on any atom is -0.244 e. The van der Waals surface area contributed by atoms with Crippen molar-refractivity contribution in [1.82, 2.24) is 4.98 Å². The quantitative estimate of drug-likeness (QED) is 0.763. The second kappa shape index (κ2) is 3.05. The highest BCUT2D eigenvalue weighted by Gasteiger charge is 2.48. The first-order chi connectivity index (χ1) is 7.25. The van der Waals surface area contributed by atoms with Crippen molar-refractivity contribution in [3.05, 3.63) is 15.6 Å². The average molecular weight is 218 g/mol. The van der Waals surface area contributed by atoms with Crippen molar-refractivity contribution in [2.45, 2.75) is 50.4 Å². The summed E-state index contributed by atoms with van der Waals surface area (Å²) in [6.45, 7) is 2.16. The first-order valence-electron chi connectivity index (χ1n) is 5.64. The van der Waals surface area contributed by atoms with E-state index in [2.05, 4.69) is 13.0 Å². The molecule has 3 heteroatoms. The molecule has 15 heavy (non-hydrogen) atoms. The summed E-state index contributed by atoms with van der Waals surface area (Å²) >= 11 is 1.75. The van der Waals surface area contributed by atoms with E-state index >= 15 is 0 Å². The van der Waals surface area contributed by atoms with Gasteiger partial charge in [0.25, 0.3) is 0 Å². The molecule has 0 aromatic carbocycles. The van der Waals surface area contributed by atoms with E-state index in [-0.39, 0.29) is 5.41 Å². The lowest BCUT2D eigenvalue weighted by molar-refractivity contribution is 0.410. The molecule has 1 heterocycles. The highest BCUT2D eigenvalue weighted by molar-refractivity contribution is 7.11. The van der Waals surface area contributed by atoms with Gasteiger partial charge >= 0.3 is 0 Å². The molecule has 0 saturated heterocycles. The minimum absolute atomic E-state index is 0.183. The number of aromatic nitrogens is 1. The van der Waals surface area contributed by atoms with Crippen LogP contribution in [0.15, 0.2) is 0 Å². The summed E-state index contributed by atoms with van der Waals surface area (Å²) in [4.78, 5) is 6.08. The zero-order chi connectivity index (χ0) is 10.5. The fourth-order valence-corrected chi connectivity index (χ4v) is 3.37.